The molecule has 76 valence electrons. The molecule has 0 radical (unpaired) electrons. The lowest BCUT2D eigenvalue weighted by Crippen LogP contribution is -2.13. The van der Waals surface area contributed by atoms with E-state index in [0.29, 0.717) is 10.7 Å². The summed E-state index contributed by atoms with van der Waals surface area (Å²) in [6, 6.07) is 1.64. The van der Waals surface area contributed by atoms with Gasteiger partial charge in [-0.1, -0.05) is 11.6 Å². The van der Waals surface area contributed by atoms with Gasteiger partial charge in [-0.3, -0.25) is 0 Å². The zero-order valence-electron chi connectivity index (χ0n) is 8.37. The molecular formula is C10H12ClNO2. The first kappa shape index (κ1) is 11.0. The van der Waals surface area contributed by atoms with E-state index in [1.165, 1.54) is 6.20 Å². The molecule has 0 saturated carbocycles. The number of ether oxygens (including phenoxy) is 1. The molecule has 0 aliphatic heterocycles. The van der Waals surface area contributed by atoms with Crippen molar-refractivity contribution < 1.29 is 9.53 Å². The molecule has 1 rings (SSSR count). The number of aryl methyl sites for hydroxylation is 1. The molecule has 0 spiro atoms. The summed E-state index contributed by atoms with van der Waals surface area (Å²) in [7, 11) is 0. The molecule has 4 heteroatoms. The molecule has 0 aliphatic carbocycles. The number of esters is 1. The fourth-order valence-corrected chi connectivity index (χ4v) is 1.23. The van der Waals surface area contributed by atoms with E-state index in [0.717, 1.165) is 5.56 Å². The van der Waals surface area contributed by atoms with Gasteiger partial charge in [0.1, 0.15) is 5.15 Å². The topological polar surface area (TPSA) is 39.2 Å². The van der Waals surface area contributed by atoms with Crippen LogP contribution < -0.4 is 0 Å². The summed E-state index contributed by atoms with van der Waals surface area (Å²) in [6.07, 6.45) is 1.31. The lowest BCUT2D eigenvalue weighted by atomic mass is 10.2. The van der Waals surface area contributed by atoms with Crippen molar-refractivity contribution in [2.75, 3.05) is 0 Å². The quantitative estimate of drug-likeness (QED) is 0.560. The average Bonchev–Trinajstić information content (AvgIpc) is 2.01. The first-order valence-electron chi connectivity index (χ1n) is 4.34. The number of carbonyl (C=O) groups is 1. The molecule has 0 amide bonds. The van der Waals surface area contributed by atoms with Crippen LogP contribution in [0.25, 0.3) is 0 Å². The van der Waals surface area contributed by atoms with Crippen molar-refractivity contribution >= 4 is 17.6 Å². The molecule has 0 atom stereocenters. The van der Waals surface area contributed by atoms with Crippen molar-refractivity contribution in [3.8, 4) is 0 Å². The van der Waals surface area contributed by atoms with Gasteiger partial charge in [-0.05, 0) is 32.4 Å². The molecular weight excluding hydrogens is 202 g/mol. The molecule has 0 aliphatic rings. The summed E-state index contributed by atoms with van der Waals surface area (Å²) in [5.74, 6) is -0.360. The van der Waals surface area contributed by atoms with Crippen LogP contribution in [0.5, 0.6) is 0 Å². The molecule has 0 N–H and O–H groups in total. The summed E-state index contributed by atoms with van der Waals surface area (Å²) in [5, 5.41) is 0.378. The number of nitrogens with zero attached hydrogens (tertiary/aromatic N) is 1. The van der Waals surface area contributed by atoms with Gasteiger partial charge >= 0.3 is 5.97 Å². The maximum atomic E-state index is 11.5. The number of rotatable bonds is 2. The third kappa shape index (κ3) is 2.70. The molecule has 0 saturated heterocycles. The minimum absolute atomic E-state index is 0.127. The van der Waals surface area contributed by atoms with Crippen molar-refractivity contribution in [2.24, 2.45) is 0 Å². The van der Waals surface area contributed by atoms with Crippen molar-refractivity contribution in [3.63, 3.8) is 0 Å². The summed E-state index contributed by atoms with van der Waals surface area (Å²) < 4.78 is 5.03. The number of carbonyl (C=O) groups excluding carboxylic acids is 1. The number of hydrogen-bond donors (Lipinski definition) is 0. The Morgan fingerprint density at radius 1 is 1.57 bits per heavy atom. The number of halogens is 1. The first-order chi connectivity index (χ1) is 6.50. The molecule has 3 nitrogen and oxygen atoms in total. The third-order valence-corrected chi connectivity index (χ3v) is 1.85. The normalized spacial score (nSPS) is 10.4. The van der Waals surface area contributed by atoms with Crippen LogP contribution in [0, 0.1) is 6.92 Å². The van der Waals surface area contributed by atoms with Crippen LogP contribution in [0.15, 0.2) is 12.3 Å². The molecule has 1 heterocycles. The van der Waals surface area contributed by atoms with Crippen LogP contribution in [-0.4, -0.2) is 17.1 Å². The zero-order chi connectivity index (χ0) is 10.7. The highest BCUT2D eigenvalue weighted by atomic mass is 35.5. The highest BCUT2D eigenvalue weighted by molar-refractivity contribution is 6.29. The Bertz CT molecular complexity index is 350. The Morgan fingerprint density at radius 2 is 2.21 bits per heavy atom. The Hall–Kier alpha value is -1.09. The summed E-state index contributed by atoms with van der Waals surface area (Å²) in [4.78, 5) is 15.3. The van der Waals surface area contributed by atoms with Gasteiger partial charge in [0.05, 0.1) is 11.7 Å². The van der Waals surface area contributed by atoms with Gasteiger partial charge in [-0.2, -0.15) is 0 Å². The fraction of sp³-hybridized carbons (Fsp3) is 0.400. The van der Waals surface area contributed by atoms with Crippen LogP contribution in [0.1, 0.15) is 29.8 Å². The highest BCUT2D eigenvalue weighted by Gasteiger charge is 2.12. The summed E-state index contributed by atoms with van der Waals surface area (Å²) in [5.41, 5.74) is 1.23. The van der Waals surface area contributed by atoms with Gasteiger partial charge in [-0.15, -0.1) is 0 Å². The van der Waals surface area contributed by atoms with Gasteiger partial charge in [-0.25, -0.2) is 9.78 Å². The molecule has 14 heavy (non-hydrogen) atoms. The highest BCUT2D eigenvalue weighted by Crippen LogP contribution is 2.13. The molecule has 0 unspecified atom stereocenters. The Kier molecular flexibility index (Phi) is 3.47. The van der Waals surface area contributed by atoms with Gasteiger partial charge < -0.3 is 4.74 Å². The van der Waals surface area contributed by atoms with Gasteiger partial charge in [0.25, 0.3) is 0 Å². The predicted molar refractivity (Wildman–Crippen MR) is 54.5 cm³/mol. The SMILES string of the molecule is Cc1cc(Cl)ncc1C(=O)OC(C)C. The van der Waals surface area contributed by atoms with Crippen LogP contribution >= 0.6 is 11.6 Å². The van der Waals surface area contributed by atoms with E-state index in [-0.39, 0.29) is 12.1 Å². The van der Waals surface area contributed by atoms with Crippen LogP contribution in [-0.2, 0) is 4.74 Å². The number of aromatic nitrogens is 1. The van der Waals surface area contributed by atoms with E-state index in [2.05, 4.69) is 4.98 Å². The molecule has 0 bridgehead atoms. The zero-order valence-corrected chi connectivity index (χ0v) is 9.13. The minimum Gasteiger partial charge on any atom is -0.459 e. The Balaban J connectivity index is 2.90. The minimum atomic E-state index is -0.360. The standard InChI is InChI=1S/C10H12ClNO2/c1-6(2)14-10(13)8-5-12-9(11)4-7(8)3/h4-6H,1-3H3. The van der Waals surface area contributed by atoms with E-state index in [1.54, 1.807) is 26.8 Å². The van der Waals surface area contributed by atoms with Crippen LogP contribution in [0.4, 0.5) is 0 Å². The van der Waals surface area contributed by atoms with Gasteiger partial charge in [0.2, 0.25) is 0 Å². The maximum absolute atomic E-state index is 11.5. The first-order valence-corrected chi connectivity index (χ1v) is 4.71. The Morgan fingerprint density at radius 3 is 2.71 bits per heavy atom. The fourth-order valence-electron chi connectivity index (χ4n) is 1.01. The molecule has 1 aromatic rings. The van der Waals surface area contributed by atoms with Crippen molar-refractivity contribution in [1.82, 2.24) is 4.98 Å². The molecule has 0 aromatic carbocycles. The van der Waals surface area contributed by atoms with E-state index in [9.17, 15) is 4.79 Å². The van der Waals surface area contributed by atoms with Crippen LogP contribution in [0.2, 0.25) is 5.15 Å². The predicted octanol–water partition coefficient (Wildman–Crippen LogP) is 2.61. The molecule has 0 fully saturated rings. The van der Waals surface area contributed by atoms with E-state index in [1.807, 2.05) is 0 Å². The van der Waals surface area contributed by atoms with E-state index < -0.39 is 0 Å². The van der Waals surface area contributed by atoms with Gasteiger partial charge in [0, 0.05) is 6.20 Å². The lowest BCUT2D eigenvalue weighted by Gasteiger charge is -2.09. The average molecular weight is 214 g/mol. The van der Waals surface area contributed by atoms with Crippen molar-refractivity contribution in [3.05, 3.63) is 28.5 Å². The monoisotopic (exact) mass is 213 g/mol. The van der Waals surface area contributed by atoms with E-state index >= 15 is 0 Å². The summed E-state index contributed by atoms with van der Waals surface area (Å²) >= 11 is 5.66. The second-order valence-corrected chi connectivity index (χ2v) is 3.66. The number of pyridine rings is 1. The third-order valence-electron chi connectivity index (χ3n) is 1.64. The summed E-state index contributed by atoms with van der Waals surface area (Å²) in [6.45, 7) is 5.40. The van der Waals surface area contributed by atoms with Crippen molar-refractivity contribution in [2.45, 2.75) is 26.9 Å². The molecule has 1 aromatic heterocycles. The van der Waals surface area contributed by atoms with Crippen molar-refractivity contribution in [1.29, 1.82) is 0 Å². The van der Waals surface area contributed by atoms with Crippen LogP contribution in [0.3, 0.4) is 0 Å². The largest absolute Gasteiger partial charge is 0.459 e. The van der Waals surface area contributed by atoms with E-state index in [4.69, 9.17) is 16.3 Å². The second-order valence-electron chi connectivity index (χ2n) is 3.28. The second kappa shape index (κ2) is 4.42. The lowest BCUT2D eigenvalue weighted by molar-refractivity contribution is 0.0376. The Labute approximate surface area is 88.1 Å². The van der Waals surface area contributed by atoms with Gasteiger partial charge in [0.15, 0.2) is 0 Å². The maximum Gasteiger partial charge on any atom is 0.340 e. The smallest absolute Gasteiger partial charge is 0.340 e. The number of hydrogen-bond acceptors (Lipinski definition) is 3.